The third-order valence-electron chi connectivity index (χ3n) is 4.45. The molecule has 21 heavy (non-hydrogen) atoms. The van der Waals surface area contributed by atoms with Crippen molar-refractivity contribution in [2.24, 2.45) is 17.1 Å². The van der Waals surface area contributed by atoms with E-state index in [1.165, 1.54) is 19.3 Å². The van der Waals surface area contributed by atoms with Crippen molar-refractivity contribution in [3.05, 3.63) is 11.7 Å². The zero-order chi connectivity index (χ0) is 15.7. The summed E-state index contributed by atoms with van der Waals surface area (Å²) in [6, 6.07) is 0. The van der Waals surface area contributed by atoms with Crippen molar-refractivity contribution in [3.63, 3.8) is 0 Å². The van der Waals surface area contributed by atoms with Crippen LogP contribution in [0.1, 0.15) is 65.6 Å². The first-order valence-electron chi connectivity index (χ1n) is 8.00. The Hall–Kier alpha value is -0.940. The summed E-state index contributed by atoms with van der Waals surface area (Å²) in [7, 11) is 0. The molecule has 1 aliphatic heterocycles. The molecule has 5 nitrogen and oxygen atoms in total. The van der Waals surface area contributed by atoms with E-state index in [1.54, 1.807) is 0 Å². The molecule has 1 fully saturated rings. The Labute approximate surface area is 128 Å². The lowest BCUT2D eigenvalue weighted by Crippen LogP contribution is -2.30. The van der Waals surface area contributed by atoms with Gasteiger partial charge in [0, 0.05) is 0 Å². The fraction of sp³-hybridized carbons (Fsp3) is 0.875. The zero-order valence-corrected chi connectivity index (χ0v) is 14.1. The third kappa shape index (κ3) is 4.51. The molecule has 2 heterocycles. The van der Waals surface area contributed by atoms with Crippen LogP contribution in [0.2, 0.25) is 0 Å². The number of hydrogen-bond acceptors (Lipinski definition) is 5. The molecule has 0 aliphatic carbocycles. The molecule has 0 bridgehead atoms. The van der Waals surface area contributed by atoms with E-state index in [0.29, 0.717) is 17.1 Å². The van der Waals surface area contributed by atoms with Gasteiger partial charge in [-0.25, -0.2) is 0 Å². The average Bonchev–Trinajstić information content (AvgIpc) is 2.66. The lowest BCUT2D eigenvalue weighted by molar-refractivity contribution is 0.198. The fourth-order valence-corrected chi connectivity index (χ4v) is 2.95. The van der Waals surface area contributed by atoms with Crippen LogP contribution in [0.3, 0.4) is 0 Å². The summed E-state index contributed by atoms with van der Waals surface area (Å²) in [5.41, 5.74) is 5.85. The Morgan fingerprint density at radius 1 is 1.19 bits per heavy atom. The standard InChI is InChI=1S/C16H30N4O/c1-15(2,3)12-7-6-9-20(10-8-12)11-13-18-14(19-21-13)16(4,5)17/h12H,6-11,17H2,1-5H3. The van der Waals surface area contributed by atoms with Gasteiger partial charge in [-0.3, -0.25) is 4.90 Å². The molecule has 0 aromatic carbocycles. The average molecular weight is 294 g/mol. The van der Waals surface area contributed by atoms with Gasteiger partial charge in [0.15, 0.2) is 5.82 Å². The van der Waals surface area contributed by atoms with Crippen LogP contribution in [0, 0.1) is 11.3 Å². The number of nitrogens with zero attached hydrogens (tertiary/aromatic N) is 3. The molecular formula is C16H30N4O. The molecule has 1 aromatic rings. The summed E-state index contributed by atoms with van der Waals surface area (Å²) in [5, 5.41) is 3.99. The van der Waals surface area contributed by atoms with Gasteiger partial charge in [-0.1, -0.05) is 25.9 Å². The predicted molar refractivity (Wildman–Crippen MR) is 83.6 cm³/mol. The molecule has 0 amide bonds. The van der Waals surface area contributed by atoms with Crippen LogP contribution in [0.4, 0.5) is 0 Å². The first-order chi connectivity index (χ1) is 9.66. The lowest BCUT2D eigenvalue weighted by atomic mass is 9.77. The minimum Gasteiger partial charge on any atom is -0.338 e. The summed E-state index contributed by atoms with van der Waals surface area (Å²) in [6.07, 6.45) is 3.79. The number of hydrogen-bond donors (Lipinski definition) is 1. The van der Waals surface area contributed by atoms with Crippen LogP contribution in [-0.2, 0) is 12.1 Å². The predicted octanol–water partition coefficient (Wildman–Crippen LogP) is 2.91. The Morgan fingerprint density at radius 3 is 2.48 bits per heavy atom. The Kier molecular flexibility index (Phi) is 4.73. The Balaban J connectivity index is 1.93. The SMILES string of the molecule is CC(C)(N)c1noc(CN2CCCC(C(C)(C)C)CC2)n1. The van der Waals surface area contributed by atoms with Gasteiger partial charge in [0.25, 0.3) is 0 Å². The van der Waals surface area contributed by atoms with E-state index in [0.717, 1.165) is 25.6 Å². The molecule has 1 aliphatic rings. The lowest BCUT2D eigenvalue weighted by Gasteiger charge is -2.29. The highest BCUT2D eigenvalue weighted by molar-refractivity contribution is 4.99. The number of nitrogens with two attached hydrogens (primary N) is 1. The molecule has 1 saturated heterocycles. The largest absolute Gasteiger partial charge is 0.338 e. The van der Waals surface area contributed by atoms with Gasteiger partial charge in [-0.15, -0.1) is 0 Å². The van der Waals surface area contributed by atoms with E-state index >= 15 is 0 Å². The molecule has 0 saturated carbocycles. The monoisotopic (exact) mass is 294 g/mol. The van der Waals surface area contributed by atoms with Crippen molar-refractivity contribution in [1.82, 2.24) is 15.0 Å². The van der Waals surface area contributed by atoms with Crippen LogP contribution in [-0.4, -0.2) is 28.1 Å². The maximum absolute atomic E-state index is 6.00. The van der Waals surface area contributed by atoms with Crippen molar-refractivity contribution in [2.75, 3.05) is 13.1 Å². The van der Waals surface area contributed by atoms with Crippen LogP contribution < -0.4 is 5.73 Å². The van der Waals surface area contributed by atoms with Gasteiger partial charge in [0.05, 0.1) is 12.1 Å². The van der Waals surface area contributed by atoms with E-state index in [9.17, 15) is 0 Å². The molecule has 2 rings (SSSR count). The summed E-state index contributed by atoms with van der Waals surface area (Å²) in [6.45, 7) is 13.8. The second kappa shape index (κ2) is 6.05. The minimum absolute atomic E-state index is 0.400. The van der Waals surface area contributed by atoms with Gasteiger partial charge in [-0.05, 0) is 57.5 Å². The second-order valence-electron chi connectivity index (χ2n) is 8.00. The van der Waals surface area contributed by atoms with E-state index in [-0.39, 0.29) is 0 Å². The van der Waals surface area contributed by atoms with Gasteiger partial charge >= 0.3 is 0 Å². The van der Waals surface area contributed by atoms with E-state index in [4.69, 9.17) is 10.3 Å². The second-order valence-corrected chi connectivity index (χ2v) is 8.00. The summed E-state index contributed by atoms with van der Waals surface area (Å²) >= 11 is 0. The van der Waals surface area contributed by atoms with E-state index in [1.807, 2.05) is 13.8 Å². The van der Waals surface area contributed by atoms with Crippen LogP contribution >= 0.6 is 0 Å². The zero-order valence-electron chi connectivity index (χ0n) is 14.1. The van der Waals surface area contributed by atoms with E-state index in [2.05, 4.69) is 35.8 Å². The quantitative estimate of drug-likeness (QED) is 0.928. The summed E-state index contributed by atoms with van der Waals surface area (Å²) in [4.78, 5) is 6.85. The molecule has 1 aromatic heterocycles. The number of aromatic nitrogens is 2. The maximum atomic E-state index is 6.00. The molecule has 5 heteroatoms. The topological polar surface area (TPSA) is 68.2 Å². The van der Waals surface area contributed by atoms with Crippen molar-refractivity contribution in [2.45, 2.75) is 66.0 Å². The third-order valence-corrected chi connectivity index (χ3v) is 4.45. The van der Waals surface area contributed by atoms with Crippen molar-refractivity contribution >= 4 is 0 Å². The van der Waals surface area contributed by atoms with Gasteiger partial charge < -0.3 is 10.3 Å². The molecule has 2 N–H and O–H groups in total. The van der Waals surface area contributed by atoms with Gasteiger partial charge in [0.2, 0.25) is 5.89 Å². The highest BCUT2D eigenvalue weighted by Gasteiger charge is 2.28. The normalized spacial score (nSPS) is 22.3. The highest BCUT2D eigenvalue weighted by Crippen LogP contribution is 2.34. The molecular weight excluding hydrogens is 264 g/mol. The first-order valence-corrected chi connectivity index (χ1v) is 8.00. The van der Waals surface area contributed by atoms with Crippen molar-refractivity contribution in [1.29, 1.82) is 0 Å². The molecule has 120 valence electrons. The van der Waals surface area contributed by atoms with Crippen LogP contribution in [0.5, 0.6) is 0 Å². The first kappa shape index (κ1) is 16.4. The Morgan fingerprint density at radius 2 is 1.90 bits per heavy atom. The summed E-state index contributed by atoms with van der Waals surface area (Å²) in [5.74, 6) is 2.06. The maximum Gasteiger partial charge on any atom is 0.240 e. The number of likely N-dealkylation sites (tertiary alicyclic amines) is 1. The Bertz CT molecular complexity index is 456. The van der Waals surface area contributed by atoms with E-state index < -0.39 is 5.54 Å². The minimum atomic E-state index is -0.544. The van der Waals surface area contributed by atoms with Gasteiger partial charge in [0.1, 0.15) is 0 Å². The number of rotatable bonds is 3. The van der Waals surface area contributed by atoms with Gasteiger partial charge in [-0.2, -0.15) is 4.98 Å². The molecule has 0 spiro atoms. The molecule has 1 atom stereocenters. The fourth-order valence-electron chi connectivity index (χ4n) is 2.95. The van der Waals surface area contributed by atoms with Crippen LogP contribution in [0.15, 0.2) is 4.52 Å². The van der Waals surface area contributed by atoms with Crippen LogP contribution in [0.25, 0.3) is 0 Å². The van der Waals surface area contributed by atoms with Crippen molar-refractivity contribution < 1.29 is 4.52 Å². The summed E-state index contributed by atoms with van der Waals surface area (Å²) < 4.78 is 5.35. The van der Waals surface area contributed by atoms with Crippen molar-refractivity contribution in [3.8, 4) is 0 Å². The smallest absolute Gasteiger partial charge is 0.240 e. The highest BCUT2D eigenvalue weighted by atomic mass is 16.5. The molecule has 1 unspecified atom stereocenters. The molecule has 0 radical (unpaired) electrons.